The Hall–Kier alpha value is -0.680. The number of phosphoric ester groups is 1. The molecular formula is C14H27O6P. The molecule has 0 aromatic rings. The minimum Gasteiger partial charge on any atom is -0.462 e. The number of carbonyl (C=O) groups is 1. The van der Waals surface area contributed by atoms with Crippen LogP contribution >= 0.6 is 7.82 Å². The molecular weight excluding hydrogens is 295 g/mol. The van der Waals surface area contributed by atoms with Gasteiger partial charge < -0.3 is 14.5 Å². The molecule has 0 aliphatic heterocycles. The highest BCUT2D eigenvalue weighted by Crippen LogP contribution is 2.39. The van der Waals surface area contributed by atoms with E-state index in [0.717, 1.165) is 25.3 Å². The SMILES string of the molecule is C=CC(=O)OCCC(CCCCCCCC)OP(=O)(O)O. The van der Waals surface area contributed by atoms with Gasteiger partial charge >= 0.3 is 13.8 Å². The maximum Gasteiger partial charge on any atom is 0.469 e. The third-order valence-electron chi connectivity index (χ3n) is 3.02. The summed E-state index contributed by atoms with van der Waals surface area (Å²) in [6.07, 6.45) is 7.78. The zero-order chi connectivity index (χ0) is 16.1. The number of hydrogen-bond acceptors (Lipinski definition) is 4. The highest BCUT2D eigenvalue weighted by molar-refractivity contribution is 7.46. The Morgan fingerprint density at radius 1 is 1.19 bits per heavy atom. The Morgan fingerprint density at radius 3 is 2.38 bits per heavy atom. The molecule has 0 spiro atoms. The Kier molecular flexibility index (Phi) is 11.5. The number of rotatable bonds is 13. The van der Waals surface area contributed by atoms with Gasteiger partial charge in [0, 0.05) is 12.5 Å². The van der Waals surface area contributed by atoms with E-state index in [-0.39, 0.29) is 13.0 Å². The van der Waals surface area contributed by atoms with Crippen molar-refractivity contribution in [3.63, 3.8) is 0 Å². The molecule has 0 fully saturated rings. The molecule has 0 heterocycles. The summed E-state index contributed by atoms with van der Waals surface area (Å²) in [7, 11) is -4.52. The largest absolute Gasteiger partial charge is 0.469 e. The second kappa shape index (κ2) is 11.9. The van der Waals surface area contributed by atoms with Crippen LogP contribution in [0.5, 0.6) is 0 Å². The van der Waals surface area contributed by atoms with Crippen LogP contribution in [0.4, 0.5) is 0 Å². The fourth-order valence-electron chi connectivity index (χ4n) is 1.95. The summed E-state index contributed by atoms with van der Waals surface area (Å²) in [6.45, 7) is 5.48. The van der Waals surface area contributed by atoms with E-state index in [0.29, 0.717) is 6.42 Å². The normalized spacial score (nSPS) is 12.9. The predicted molar refractivity (Wildman–Crippen MR) is 80.7 cm³/mol. The van der Waals surface area contributed by atoms with E-state index in [1.807, 2.05) is 0 Å². The average molecular weight is 322 g/mol. The van der Waals surface area contributed by atoms with E-state index >= 15 is 0 Å². The molecule has 0 aromatic heterocycles. The molecule has 0 bridgehead atoms. The lowest BCUT2D eigenvalue weighted by molar-refractivity contribution is -0.138. The maximum atomic E-state index is 10.9. The van der Waals surface area contributed by atoms with E-state index in [1.165, 1.54) is 19.3 Å². The summed E-state index contributed by atoms with van der Waals surface area (Å²) in [5, 5.41) is 0. The van der Waals surface area contributed by atoms with Gasteiger partial charge in [-0.3, -0.25) is 4.52 Å². The van der Waals surface area contributed by atoms with E-state index < -0.39 is 19.9 Å². The maximum absolute atomic E-state index is 10.9. The van der Waals surface area contributed by atoms with Crippen LogP contribution in [0.15, 0.2) is 12.7 Å². The van der Waals surface area contributed by atoms with E-state index in [9.17, 15) is 9.36 Å². The van der Waals surface area contributed by atoms with Gasteiger partial charge in [0.1, 0.15) is 0 Å². The summed E-state index contributed by atoms with van der Waals surface area (Å²) < 4.78 is 20.5. The minimum absolute atomic E-state index is 0.0609. The van der Waals surface area contributed by atoms with Crippen molar-refractivity contribution < 1.29 is 28.4 Å². The molecule has 1 atom stereocenters. The van der Waals surface area contributed by atoms with Crippen LogP contribution in [-0.4, -0.2) is 28.5 Å². The first-order valence-electron chi connectivity index (χ1n) is 7.42. The second-order valence-corrected chi connectivity index (χ2v) is 6.13. The number of ether oxygens (including phenoxy) is 1. The van der Waals surface area contributed by atoms with Crippen LogP contribution in [0.1, 0.15) is 58.3 Å². The lowest BCUT2D eigenvalue weighted by Gasteiger charge is -2.18. The van der Waals surface area contributed by atoms with Gasteiger partial charge in [0.2, 0.25) is 0 Å². The molecule has 0 aromatic carbocycles. The Morgan fingerprint density at radius 2 is 1.81 bits per heavy atom. The van der Waals surface area contributed by atoms with Crippen LogP contribution in [0.2, 0.25) is 0 Å². The minimum atomic E-state index is -4.52. The summed E-state index contributed by atoms with van der Waals surface area (Å²) in [5.41, 5.74) is 0. The van der Waals surface area contributed by atoms with Crippen molar-refractivity contribution in [1.82, 2.24) is 0 Å². The second-order valence-electron chi connectivity index (χ2n) is 4.93. The monoisotopic (exact) mass is 322 g/mol. The van der Waals surface area contributed by atoms with Crippen molar-refractivity contribution >= 4 is 13.8 Å². The van der Waals surface area contributed by atoms with Gasteiger partial charge in [0.25, 0.3) is 0 Å². The van der Waals surface area contributed by atoms with Crippen molar-refractivity contribution in [3.05, 3.63) is 12.7 Å². The van der Waals surface area contributed by atoms with Gasteiger partial charge in [-0.2, -0.15) is 0 Å². The highest BCUT2D eigenvalue weighted by Gasteiger charge is 2.22. The molecule has 0 amide bonds. The summed E-state index contributed by atoms with van der Waals surface area (Å²) in [5.74, 6) is -0.551. The fraction of sp³-hybridized carbons (Fsp3) is 0.786. The summed E-state index contributed by atoms with van der Waals surface area (Å²) in [4.78, 5) is 28.7. The first kappa shape index (κ1) is 20.3. The van der Waals surface area contributed by atoms with Gasteiger partial charge in [0.15, 0.2) is 0 Å². The third-order valence-corrected chi connectivity index (χ3v) is 3.59. The Labute approximate surface area is 126 Å². The van der Waals surface area contributed by atoms with Crippen LogP contribution in [-0.2, 0) is 18.6 Å². The fourth-order valence-corrected chi connectivity index (χ4v) is 2.55. The molecule has 0 aliphatic rings. The van der Waals surface area contributed by atoms with Gasteiger partial charge in [-0.25, -0.2) is 9.36 Å². The Balaban J connectivity index is 4.00. The molecule has 0 rings (SSSR count). The topological polar surface area (TPSA) is 93.1 Å². The van der Waals surface area contributed by atoms with Crippen LogP contribution in [0.3, 0.4) is 0 Å². The first-order chi connectivity index (χ1) is 9.89. The number of phosphoric acid groups is 1. The molecule has 124 valence electrons. The number of esters is 1. The van der Waals surface area contributed by atoms with E-state index in [2.05, 4.69) is 13.5 Å². The molecule has 7 heteroatoms. The van der Waals surface area contributed by atoms with Gasteiger partial charge in [-0.05, 0) is 6.42 Å². The molecule has 21 heavy (non-hydrogen) atoms. The zero-order valence-electron chi connectivity index (χ0n) is 12.7. The zero-order valence-corrected chi connectivity index (χ0v) is 13.6. The quantitative estimate of drug-likeness (QED) is 0.234. The van der Waals surface area contributed by atoms with Crippen LogP contribution < -0.4 is 0 Å². The van der Waals surface area contributed by atoms with Crippen molar-refractivity contribution in [2.75, 3.05) is 6.61 Å². The van der Waals surface area contributed by atoms with Crippen molar-refractivity contribution in [1.29, 1.82) is 0 Å². The number of hydrogen-bond donors (Lipinski definition) is 2. The average Bonchev–Trinajstić information content (AvgIpc) is 2.40. The molecule has 2 N–H and O–H groups in total. The number of unbranched alkanes of at least 4 members (excludes halogenated alkanes) is 5. The van der Waals surface area contributed by atoms with Crippen molar-refractivity contribution in [2.45, 2.75) is 64.4 Å². The van der Waals surface area contributed by atoms with Crippen LogP contribution in [0, 0.1) is 0 Å². The molecule has 0 radical (unpaired) electrons. The lowest BCUT2D eigenvalue weighted by Crippen LogP contribution is -2.16. The van der Waals surface area contributed by atoms with Gasteiger partial charge in [-0.1, -0.05) is 52.0 Å². The summed E-state index contributed by atoms with van der Waals surface area (Å²) >= 11 is 0. The van der Waals surface area contributed by atoms with E-state index in [4.69, 9.17) is 19.0 Å². The molecule has 6 nitrogen and oxygen atoms in total. The summed E-state index contributed by atoms with van der Waals surface area (Å²) in [6, 6.07) is 0. The third kappa shape index (κ3) is 14.0. The highest BCUT2D eigenvalue weighted by atomic mass is 31.2. The molecule has 0 saturated carbocycles. The van der Waals surface area contributed by atoms with Gasteiger partial charge in [0.05, 0.1) is 12.7 Å². The predicted octanol–water partition coefficient (Wildman–Crippen LogP) is 3.33. The first-order valence-corrected chi connectivity index (χ1v) is 8.95. The van der Waals surface area contributed by atoms with Crippen molar-refractivity contribution in [3.8, 4) is 0 Å². The smallest absolute Gasteiger partial charge is 0.462 e. The van der Waals surface area contributed by atoms with Crippen molar-refractivity contribution in [2.24, 2.45) is 0 Å². The van der Waals surface area contributed by atoms with E-state index in [1.54, 1.807) is 0 Å². The standard InChI is InChI=1S/C14H27O6P/c1-3-5-6-7-8-9-10-13(20-21(16,17)18)11-12-19-14(15)4-2/h4,13H,2-3,5-12H2,1H3,(H2,16,17,18). The molecule has 0 saturated heterocycles. The lowest BCUT2D eigenvalue weighted by atomic mass is 10.1. The molecule has 1 unspecified atom stereocenters. The van der Waals surface area contributed by atoms with Gasteiger partial charge in [-0.15, -0.1) is 0 Å². The molecule has 0 aliphatic carbocycles. The number of carbonyl (C=O) groups excluding carboxylic acids is 1. The van der Waals surface area contributed by atoms with Crippen LogP contribution in [0.25, 0.3) is 0 Å². The Bertz CT molecular complexity index is 338.